The number of ether oxygens (including phenoxy) is 2. The van der Waals surface area contributed by atoms with Crippen molar-refractivity contribution in [3.63, 3.8) is 0 Å². The van der Waals surface area contributed by atoms with Gasteiger partial charge in [0.2, 0.25) is 5.91 Å². The number of carbonyl (C=O) groups excluding carboxylic acids is 3. The maximum absolute atomic E-state index is 13.0. The van der Waals surface area contributed by atoms with Crippen LogP contribution >= 0.6 is 11.8 Å². The first-order valence-electron chi connectivity index (χ1n) is 12.1. The maximum atomic E-state index is 13.0. The molecule has 0 saturated carbocycles. The molecule has 0 N–H and O–H groups in total. The molecule has 0 aromatic heterocycles. The Morgan fingerprint density at radius 1 is 1.11 bits per heavy atom. The monoisotopic (exact) mass is 506 g/mol. The van der Waals surface area contributed by atoms with Crippen molar-refractivity contribution in [3.8, 4) is 11.5 Å². The van der Waals surface area contributed by atoms with Gasteiger partial charge in [-0.3, -0.25) is 19.3 Å². The van der Waals surface area contributed by atoms with Gasteiger partial charge in [0.25, 0.3) is 11.1 Å². The Labute approximate surface area is 215 Å². The second-order valence-electron chi connectivity index (χ2n) is 8.56. The van der Waals surface area contributed by atoms with Crippen molar-refractivity contribution >= 4 is 34.9 Å². The first kappa shape index (κ1) is 25.6. The first-order valence-corrected chi connectivity index (χ1v) is 12.9. The van der Waals surface area contributed by atoms with Gasteiger partial charge in [0, 0.05) is 18.7 Å². The van der Waals surface area contributed by atoms with Gasteiger partial charge in [-0.1, -0.05) is 36.4 Å². The molecule has 7 nitrogen and oxygen atoms in total. The van der Waals surface area contributed by atoms with Gasteiger partial charge in [0.1, 0.15) is 13.2 Å². The summed E-state index contributed by atoms with van der Waals surface area (Å²) in [5.74, 6) is 0.539. The van der Waals surface area contributed by atoms with E-state index in [0.717, 1.165) is 40.6 Å². The lowest BCUT2D eigenvalue weighted by Crippen LogP contribution is -2.40. The molecule has 3 amide bonds. The van der Waals surface area contributed by atoms with Crippen molar-refractivity contribution in [2.75, 3.05) is 26.2 Å². The summed E-state index contributed by atoms with van der Waals surface area (Å²) in [5, 5.41) is -0.432. The van der Waals surface area contributed by atoms with Gasteiger partial charge in [0.15, 0.2) is 11.5 Å². The van der Waals surface area contributed by atoms with Crippen LogP contribution < -0.4 is 9.47 Å². The summed E-state index contributed by atoms with van der Waals surface area (Å²) >= 11 is 0.847. The van der Waals surface area contributed by atoms with Crippen LogP contribution in [-0.4, -0.2) is 53.1 Å². The molecule has 0 radical (unpaired) electrons. The number of hydrogen-bond donors (Lipinski definition) is 0. The zero-order chi connectivity index (χ0) is 25.5. The largest absolute Gasteiger partial charge is 0.490 e. The van der Waals surface area contributed by atoms with Gasteiger partial charge >= 0.3 is 0 Å². The van der Waals surface area contributed by atoms with Gasteiger partial charge in [0.05, 0.1) is 11.5 Å². The molecule has 188 valence electrons. The Morgan fingerprint density at radius 2 is 1.86 bits per heavy atom. The fraction of sp³-hybridized carbons (Fsp3) is 0.321. The molecule has 0 aliphatic carbocycles. The molecule has 2 fully saturated rings. The Bertz CT molecular complexity index is 1170. The van der Waals surface area contributed by atoms with Crippen LogP contribution in [-0.2, 0) is 22.6 Å². The van der Waals surface area contributed by atoms with Gasteiger partial charge in [-0.2, -0.15) is 0 Å². The van der Waals surface area contributed by atoms with E-state index in [9.17, 15) is 14.4 Å². The molecule has 0 spiro atoms. The van der Waals surface area contributed by atoms with Gasteiger partial charge in [-0.25, -0.2) is 0 Å². The van der Waals surface area contributed by atoms with E-state index < -0.39 is 11.1 Å². The number of likely N-dealkylation sites (tertiary alicyclic amines) is 1. The number of amides is 3. The highest BCUT2D eigenvalue weighted by Gasteiger charge is 2.37. The second kappa shape index (κ2) is 11.9. The maximum Gasteiger partial charge on any atom is 0.294 e. The lowest BCUT2D eigenvalue weighted by molar-refractivity contribution is -0.135. The van der Waals surface area contributed by atoms with E-state index in [1.165, 1.54) is 0 Å². The van der Waals surface area contributed by atoms with Gasteiger partial charge < -0.3 is 14.4 Å². The minimum atomic E-state index is -0.454. The minimum Gasteiger partial charge on any atom is -0.490 e. The fourth-order valence-electron chi connectivity index (χ4n) is 4.22. The third-order valence-electron chi connectivity index (χ3n) is 5.97. The van der Waals surface area contributed by atoms with E-state index in [4.69, 9.17) is 9.47 Å². The van der Waals surface area contributed by atoms with Crippen LogP contribution in [0.1, 0.15) is 36.5 Å². The number of allylic oxidation sites excluding steroid dienone is 1. The molecule has 2 aliphatic rings. The number of nitrogens with zero attached hydrogens (tertiary/aromatic N) is 2. The standard InChI is InChI=1S/C28H30N2O5S/c1-3-10-22-15-21(16-23(34-4-2)26(22)35-19-20-11-6-5-7-12-20)17-24-27(32)30(28(33)36-24)18-25(31)29-13-8-9-14-29/h3,5-7,11-12,15-17H,1,4,8-10,13-14,18-19H2,2H3/b24-17-. The molecule has 2 saturated heterocycles. The van der Waals surface area contributed by atoms with Crippen LogP contribution in [0, 0.1) is 0 Å². The summed E-state index contributed by atoms with van der Waals surface area (Å²) in [6, 6.07) is 13.6. The quantitative estimate of drug-likeness (QED) is 0.332. The summed E-state index contributed by atoms with van der Waals surface area (Å²) in [4.78, 5) is 41.1. The molecule has 8 heteroatoms. The molecular weight excluding hydrogens is 476 g/mol. The van der Waals surface area contributed by atoms with Crippen molar-refractivity contribution < 1.29 is 23.9 Å². The zero-order valence-electron chi connectivity index (χ0n) is 20.4. The van der Waals surface area contributed by atoms with Gasteiger partial charge in [-0.05, 0) is 67.3 Å². The van der Waals surface area contributed by atoms with Crippen LogP contribution in [0.5, 0.6) is 11.5 Å². The Hall–Kier alpha value is -3.52. The Balaban J connectivity index is 1.57. The highest BCUT2D eigenvalue weighted by molar-refractivity contribution is 8.18. The average molecular weight is 507 g/mol. The smallest absolute Gasteiger partial charge is 0.294 e. The lowest BCUT2D eigenvalue weighted by atomic mass is 10.0. The third kappa shape index (κ3) is 5.99. The van der Waals surface area contributed by atoms with E-state index in [2.05, 4.69) is 6.58 Å². The van der Waals surface area contributed by atoms with Crippen molar-refractivity contribution in [3.05, 3.63) is 76.7 Å². The highest BCUT2D eigenvalue weighted by Crippen LogP contribution is 2.37. The van der Waals surface area contributed by atoms with E-state index in [-0.39, 0.29) is 17.4 Å². The molecule has 0 unspecified atom stereocenters. The molecule has 4 rings (SSSR count). The summed E-state index contributed by atoms with van der Waals surface area (Å²) in [6.45, 7) is 7.70. The molecule has 2 aromatic rings. The first-order chi connectivity index (χ1) is 17.5. The van der Waals surface area contributed by atoms with Crippen molar-refractivity contribution in [1.82, 2.24) is 9.80 Å². The van der Waals surface area contributed by atoms with Crippen LogP contribution in [0.25, 0.3) is 6.08 Å². The minimum absolute atomic E-state index is 0.192. The van der Waals surface area contributed by atoms with E-state index in [1.54, 1.807) is 23.1 Å². The summed E-state index contributed by atoms with van der Waals surface area (Å²) < 4.78 is 12.1. The van der Waals surface area contributed by atoms with Crippen molar-refractivity contribution in [2.24, 2.45) is 0 Å². The second-order valence-corrected chi connectivity index (χ2v) is 9.56. The Morgan fingerprint density at radius 3 is 2.56 bits per heavy atom. The number of rotatable bonds is 10. The van der Waals surface area contributed by atoms with Crippen molar-refractivity contribution in [2.45, 2.75) is 32.8 Å². The predicted molar refractivity (Wildman–Crippen MR) is 141 cm³/mol. The van der Waals surface area contributed by atoms with Crippen molar-refractivity contribution in [1.29, 1.82) is 0 Å². The third-order valence-corrected chi connectivity index (χ3v) is 6.88. The zero-order valence-corrected chi connectivity index (χ0v) is 21.2. The number of carbonyl (C=O) groups is 3. The SMILES string of the molecule is C=CCc1cc(/C=C2\SC(=O)N(CC(=O)N3CCCC3)C2=O)cc(OCC)c1OCc1ccccc1. The number of imide groups is 1. The molecular formula is C28H30N2O5S. The predicted octanol–water partition coefficient (Wildman–Crippen LogP) is 5.05. The summed E-state index contributed by atoms with van der Waals surface area (Å²) in [6.07, 6.45) is 5.89. The van der Waals surface area contributed by atoms with Crippen LogP contribution in [0.3, 0.4) is 0 Å². The highest BCUT2D eigenvalue weighted by atomic mass is 32.2. The Kier molecular flexibility index (Phi) is 8.48. The van der Waals surface area contributed by atoms with Crippen LogP contribution in [0.2, 0.25) is 0 Å². The number of thioether (sulfide) groups is 1. The van der Waals surface area contributed by atoms with Crippen LogP contribution in [0.4, 0.5) is 4.79 Å². The van der Waals surface area contributed by atoms with Crippen LogP contribution in [0.15, 0.2) is 60.0 Å². The van der Waals surface area contributed by atoms with E-state index in [0.29, 0.717) is 49.8 Å². The summed E-state index contributed by atoms with van der Waals surface area (Å²) in [5.41, 5.74) is 2.60. The molecule has 2 heterocycles. The molecule has 0 bridgehead atoms. The lowest BCUT2D eigenvalue weighted by Gasteiger charge is -2.18. The normalized spacial score (nSPS) is 16.6. The summed E-state index contributed by atoms with van der Waals surface area (Å²) in [7, 11) is 0. The van der Waals surface area contributed by atoms with E-state index >= 15 is 0 Å². The molecule has 36 heavy (non-hydrogen) atoms. The molecule has 2 aromatic carbocycles. The van der Waals surface area contributed by atoms with E-state index in [1.807, 2.05) is 43.3 Å². The number of benzene rings is 2. The topological polar surface area (TPSA) is 76.2 Å². The molecule has 2 aliphatic heterocycles. The van der Waals surface area contributed by atoms with Gasteiger partial charge in [-0.15, -0.1) is 6.58 Å². The number of hydrogen-bond acceptors (Lipinski definition) is 6. The fourth-order valence-corrected chi connectivity index (χ4v) is 5.06. The average Bonchev–Trinajstić information content (AvgIpc) is 3.50. The molecule has 0 atom stereocenters.